The molecule has 2 aliphatic rings. The molecule has 0 spiro atoms. The van der Waals surface area contributed by atoms with Crippen molar-refractivity contribution in [3.8, 4) is 0 Å². The first kappa shape index (κ1) is 17.3. The molecule has 1 aromatic heterocycles. The minimum absolute atomic E-state index is 0.0519. The molecule has 4 nitrogen and oxygen atoms in total. The first-order valence-electron chi connectivity index (χ1n) is 9.77. The van der Waals surface area contributed by atoms with Crippen LogP contribution in [0.4, 0.5) is 0 Å². The number of amides is 1. The Bertz CT molecular complexity index is 741. The predicted octanol–water partition coefficient (Wildman–Crippen LogP) is 4.15. The van der Waals surface area contributed by atoms with E-state index in [2.05, 4.69) is 16.3 Å². The number of rotatable bonds is 6. The quantitative estimate of drug-likeness (QED) is 0.849. The third kappa shape index (κ3) is 4.18. The van der Waals surface area contributed by atoms with Gasteiger partial charge >= 0.3 is 0 Å². The molecule has 2 fully saturated rings. The van der Waals surface area contributed by atoms with Crippen LogP contribution in [-0.4, -0.2) is 29.4 Å². The maximum absolute atomic E-state index is 12.8. The summed E-state index contributed by atoms with van der Waals surface area (Å²) in [5.74, 6) is 2.87. The van der Waals surface area contributed by atoms with E-state index in [0.717, 1.165) is 61.9 Å². The van der Waals surface area contributed by atoms with Gasteiger partial charge in [-0.05, 0) is 56.4 Å². The van der Waals surface area contributed by atoms with Crippen LogP contribution in [0.15, 0.2) is 46.9 Å². The lowest BCUT2D eigenvalue weighted by Gasteiger charge is -2.42. The lowest BCUT2D eigenvalue weighted by molar-refractivity contribution is 0.0759. The summed E-state index contributed by atoms with van der Waals surface area (Å²) in [6.07, 6.45) is 5.79. The highest BCUT2D eigenvalue weighted by Crippen LogP contribution is 2.41. The molecule has 0 radical (unpaired) electrons. The lowest BCUT2D eigenvalue weighted by Crippen LogP contribution is -2.55. The molecule has 26 heavy (non-hydrogen) atoms. The highest BCUT2D eigenvalue weighted by atomic mass is 16.3. The number of hydrogen-bond donors (Lipinski definition) is 1. The van der Waals surface area contributed by atoms with E-state index in [0.29, 0.717) is 0 Å². The third-order valence-corrected chi connectivity index (χ3v) is 5.78. The van der Waals surface area contributed by atoms with Gasteiger partial charge in [0, 0.05) is 24.2 Å². The van der Waals surface area contributed by atoms with Crippen LogP contribution in [-0.2, 0) is 6.54 Å². The predicted molar refractivity (Wildman–Crippen MR) is 102 cm³/mol. The summed E-state index contributed by atoms with van der Waals surface area (Å²) >= 11 is 0. The Hall–Kier alpha value is -2.07. The number of benzene rings is 1. The van der Waals surface area contributed by atoms with Crippen molar-refractivity contribution in [3.05, 3.63) is 59.5 Å². The Labute approximate surface area is 155 Å². The van der Waals surface area contributed by atoms with Crippen LogP contribution in [0.3, 0.4) is 0 Å². The van der Waals surface area contributed by atoms with Gasteiger partial charge in [0.1, 0.15) is 11.5 Å². The number of nitrogens with one attached hydrogen (secondary N) is 1. The Morgan fingerprint density at radius 3 is 2.50 bits per heavy atom. The number of furan rings is 1. The maximum atomic E-state index is 12.8. The number of piperidine rings is 1. The van der Waals surface area contributed by atoms with Crippen LogP contribution < -0.4 is 5.32 Å². The van der Waals surface area contributed by atoms with Crippen LogP contribution in [0, 0.1) is 12.8 Å². The molecule has 1 aliphatic heterocycles. The fourth-order valence-corrected chi connectivity index (χ4v) is 4.09. The zero-order chi connectivity index (χ0) is 18.0. The van der Waals surface area contributed by atoms with Crippen LogP contribution >= 0.6 is 0 Å². The second-order valence-electron chi connectivity index (χ2n) is 8.04. The second-order valence-corrected chi connectivity index (χ2v) is 8.04. The molecular formula is C22H28N2O2. The summed E-state index contributed by atoms with van der Waals surface area (Å²) in [5, 5.41) is 3.42. The third-order valence-electron chi connectivity index (χ3n) is 5.78. The topological polar surface area (TPSA) is 45.5 Å². The molecule has 0 atom stereocenters. The summed E-state index contributed by atoms with van der Waals surface area (Å²) in [7, 11) is 0. The summed E-state index contributed by atoms with van der Waals surface area (Å²) in [4.78, 5) is 15.2. The van der Waals surface area contributed by atoms with Crippen LogP contribution in [0.2, 0.25) is 0 Å². The molecule has 2 aromatic rings. The molecule has 1 aliphatic carbocycles. The molecule has 2 heterocycles. The lowest BCUT2D eigenvalue weighted by atomic mass is 9.82. The van der Waals surface area contributed by atoms with Gasteiger partial charge < -0.3 is 9.73 Å². The van der Waals surface area contributed by atoms with E-state index in [1.165, 1.54) is 12.8 Å². The maximum Gasteiger partial charge on any atom is 0.251 e. The van der Waals surface area contributed by atoms with Crippen molar-refractivity contribution in [2.24, 2.45) is 5.92 Å². The zero-order valence-corrected chi connectivity index (χ0v) is 15.5. The van der Waals surface area contributed by atoms with E-state index >= 15 is 0 Å². The standard InChI is InChI=1S/C22H28N2O2/c1-17-7-10-20(26-17)16-24-13-11-22(12-14-24,15-18-8-9-18)23-21(25)19-5-3-2-4-6-19/h2-7,10,18H,8-9,11-16H2,1H3,(H,23,25). The summed E-state index contributed by atoms with van der Waals surface area (Å²) < 4.78 is 5.72. The highest BCUT2D eigenvalue weighted by Gasteiger charge is 2.40. The molecule has 1 N–H and O–H groups in total. The largest absolute Gasteiger partial charge is 0.465 e. The van der Waals surface area contributed by atoms with Crippen molar-refractivity contribution < 1.29 is 9.21 Å². The van der Waals surface area contributed by atoms with E-state index in [1.54, 1.807) is 0 Å². The number of carbonyl (C=O) groups excluding carboxylic acids is 1. The van der Waals surface area contributed by atoms with Gasteiger partial charge in [0.05, 0.1) is 6.54 Å². The number of aryl methyl sites for hydroxylation is 1. The molecule has 1 aromatic carbocycles. The van der Waals surface area contributed by atoms with E-state index in [1.807, 2.05) is 43.3 Å². The first-order valence-corrected chi connectivity index (χ1v) is 9.77. The van der Waals surface area contributed by atoms with Crippen molar-refractivity contribution in [3.63, 3.8) is 0 Å². The van der Waals surface area contributed by atoms with Crippen LogP contribution in [0.5, 0.6) is 0 Å². The van der Waals surface area contributed by atoms with Crippen molar-refractivity contribution in [2.45, 2.75) is 51.1 Å². The van der Waals surface area contributed by atoms with Crippen molar-refractivity contribution in [1.29, 1.82) is 0 Å². The Morgan fingerprint density at radius 2 is 1.88 bits per heavy atom. The van der Waals surface area contributed by atoms with Crippen LogP contribution in [0.25, 0.3) is 0 Å². The number of nitrogens with zero attached hydrogens (tertiary/aromatic N) is 1. The molecule has 4 heteroatoms. The van der Waals surface area contributed by atoms with Gasteiger partial charge in [-0.2, -0.15) is 0 Å². The van der Waals surface area contributed by atoms with Gasteiger partial charge in [0.15, 0.2) is 0 Å². The Balaban J connectivity index is 1.40. The molecule has 1 saturated carbocycles. The van der Waals surface area contributed by atoms with Gasteiger partial charge in [-0.3, -0.25) is 9.69 Å². The molecule has 0 unspecified atom stereocenters. The van der Waals surface area contributed by atoms with Crippen LogP contribution in [0.1, 0.15) is 54.0 Å². The number of hydrogen-bond acceptors (Lipinski definition) is 3. The summed E-state index contributed by atoms with van der Waals surface area (Å²) in [6, 6.07) is 13.7. The monoisotopic (exact) mass is 352 g/mol. The van der Waals surface area contributed by atoms with E-state index in [9.17, 15) is 4.79 Å². The normalized spacial score (nSPS) is 20.0. The smallest absolute Gasteiger partial charge is 0.251 e. The Morgan fingerprint density at radius 1 is 1.15 bits per heavy atom. The molecule has 0 bridgehead atoms. The Kier molecular flexibility index (Phi) is 4.86. The molecular weight excluding hydrogens is 324 g/mol. The average molecular weight is 352 g/mol. The van der Waals surface area contributed by atoms with Crippen molar-refractivity contribution in [2.75, 3.05) is 13.1 Å². The van der Waals surface area contributed by atoms with E-state index < -0.39 is 0 Å². The van der Waals surface area contributed by atoms with Gasteiger partial charge in [0.2, 0.25) is 0 Å². The SMILES string of the molecule is Cc1ccc(CN2CCC(CC3CC3)(NC(=O)c3ccccc3)CC2)o1. The molecule has 1 amide bonds. The summed E-state index contributed by atoms with van der Waals surface area (Å²) in [5.41, 5.74) is 0.708. The van der Waals surface area contributed by atoms with Gasteiger partial charge in [0.25, 0.3) is 5.91 Å². The second kappa shape index (κ2) is 7.28. The minimum Gasteiger partial charge on any atom is -0.465 e. The fourth-order valence-electron chi connectivity index (χ4n) is 4.09. The minimum atomic E-state index is -0.0519. The molecule has 1 saturated heterocycles. The molecule has 4 rings (SSSR count). The summed E-state index contributed by atoms with van der Waals surface area (Å²) in [6.45, 7) is 4.85. The van der Waals surface area contributed by atoms with Gasteiger partial charge in [-0.25, -0.2) is 0 Å². The first-order chi connectivity index (χ1) is 12.6. The van der Waals surface area contributed by atoms with Crippen molar-refractivity contribution >= 4 is 5.91 Å². The van der Waals surface area contributed by atoms with E-state index in [-0.39, 0.29) is 11.4 Å². The molecule has 138 valence electrons. The zero-order valence-electron chi connectivity index (χ0n) is 15.5. The highest BCUT2D eigenvalue weighted by molar-refractivity contribution is 5.94. The van der Waals surface area contributed by atoms with Gasteiger partial charge in [-0.15, -0.1) is 0 Å². The van der Waals surface area contributed by atoms with Gasteiger partial charge in [-0.1, -0.05) is 31.0 Å². The number of likely N-dealkylation sites (tertiary alicyclic amines) is 1. The van der Waals surface area contributed by atoms with E-state index in [4.69, 9.17) is 4.42 Å². The number of carbonyl (C=O) groups is 1. The van der Waals surface area contributed by atoms with Crippen molar-refractivity contribution in [1.82, 2.24) is 10.2 Å². The average Bonchev–Trinajstić information content (AvgIpc) is 3.37. The fraction of sp³-hybridized carbons (Fsp3) is 0.500.